The van der Waals surface area contributed by atoms with Gasteiger partial charge in [-0.15, -0.1) is 11.3 Å². The molecule has 0 spiro atoms. The van der Waals surface area contributed by atoms with Crippen LogP contribution in [0.5, 0.6) is 0 Å². The summed E-state index contributed by atoms with van der Waals surface area (Å²) in [6.07, 6.45) is 1.04. The Bertz CT molecular complexity index is 392. The van der Waals surface area contributed by atoms with Crippen molar-refractivity contribution in [1.82, 2.24) is 5.32 Å². The monoisotopic (exact) mass is 337 g/mol. The van der Waals surface area contributed by atoms with Gasteiger partial charge in [0.25, 0.3) is 5.91 Å². The van der Waals surface area contributed by atoms with E-state index in [0.29, 0.717) is 27.2 Å². The smallest absolute Gasteiger partial charge is 0.262 e. The Morgan fingerprint density at radius 2 is 2.24 bits per heavy atom. The number of aryl methyl sites for hydroxylation is 1. The second-order valence-electron chi connectivity index (χ2n) is 4.50. The van der Waals surface area contributed by atoms with Crippen LogP contribution < -0.4 is 5.32 Å². The van der Waals surface area contributed by atoms with Gasteiger partial charge in [-0.05, 0) is 30.2 Å². The maximum atomic E-state index is 11.9. The summed E-state index contributed by atoms with van der Waals surface area (Å²) < 4.78 is 0. The van der Waals surface area contributed by atoms with E-state index in [4.69, 9.17) is 11.6 Å². The second kappa shape index (κ2) is 6.76. The SMILES string of the molecule is Cc1csc(C(=O)NCC(Br)CC(C)C)c1Cl. The molecule has 0 aliphatic carbocycles. The topological polar surface area (TPSA) is 29.1 Å². The van der Waals surface area contributed by atoms with Crippen molar-refractivity contribution in [2.45, 2.75) is 32.0 Å². The van der Waals surface area contributed by atoms with Crippen molar-refractivity contribution in [1.29, 1.82) is 0 Å². The molecule has 0 saturated carbocycles. The molecule has 17 heavy (non-hydrogen) atoms. The lowest BCUT2D eigenvalue weighted by molar-refractivity contribution is 0.0957. The predicted octanol–water partition coefficient (Wildman–Crippen LogP) is 4.25. The lowest BCUT2D eigenvalue weighted by Crippen LogP contribution is -2.29. The van der Waals surface area contributed by atoms with Crippen molar-refractivity contribution >= 4 is 44.8 Å². The van der Waals surface area contributed by atoms with Gasteiger partial charge in [-0.2, -0.15) is 0 Å². The van der Waals surface area contributed by atoms with Crippen LogP contribution in [0, 0.1) is 12.8 Å². The van der Waals surface area contributed by atoms with Crippen LogP contribution in [0.4, 0.5) is 0 Å². The first kappa shape index (κ1) is 15.0. The van der Waals surface area contributed by atoms with Gasteiger partial charge in [0, 0.05) is 11.4 Å². The number of carbonyl (C=O) groups is 1. The molecule has 1 aromatic heterocycles. The van der Waals surface area contributed by atoms with Gasteiger partial charge in [-0.1, -0.05) is 41.4 Å². The molecular formula is C12H17BrClNOS. The van der Waals surface area contributed by atoms with Gasteiger partial charge in [-0.3, -0.25) is 4.79 Å². The third kappa shape index (κ3) is 4.60. The van der Waals surface area contributed by atoms with Gasteiger partial charge in [0.1, 0.15) is 4.88 Å². The Morgan fingerprint density at radius 3 is 2.71 bits per heavy atom. The number of hydrogen-bond acceptors (Lipinski definition) is 2. The minimum Gasteiger partial charge on any atom is -0.350 e. The Morgan fingerprint density at radius 1 is 1.59 bits per heavy atom. The van der Waals surface area contributed by atoms with E-state index in [2.05, 4.69) is 35.1 Å². The maximum absolute atomic E-state index is 11.9. The summed E-state index contributed by atoms with van der Waals surface area (Å²) in [4.78, 5) is 12.8. The first-order valence-electron chi connectivity index (χ1n) is 5.57. The highest BCUT2D eigenvalue weighted by Gasteiger charge is 2.15. The van der Waals surface area contributed by atoms with Crippen molar-refractivity contribution in [2.75, 3.05) is 6.54 Å². The number of thiophene rings is 1. The van der Waals surface area contributed by atoms with Gasteiger partial charge in [0.2, 0.25) is 0 Å². The third-order valence-electron chi connectivity index (χ3n) is 2.32. The summed E-state index contributed by atoms with van der Waals surface area (Å²) in [6, 6.07) is 0. The molecule has 5 heteroatoms. The molecule has 0 fully saturated rings. The van der Waals surface area contributed by atoms with E-state index in [-0.39, 0.29) is 5.91 Å². The Labute approximate surface area is 120 Å². The number of carbonyl (C=O) groups excluding carboxylic acids is 1. The van der Waals surface area contributed by atoms with Crippen molar-refractivity contribution in [3.8, 4) is 0 Å². The minimum absolute atomic E-state index is 0.0821. The van der Waals surface area contributed by atoms with Crippen molar-refractivity contribution < 1.29 is 4.79 Å². The molecule has 0 aliphatic rings. The van der Waals surface area contributed by atoms with Crippen LogP contribution in [0.2, 0.25) is 5.02 Å². The van der Waals surface area contributed by atoms with E-state index in [1.165, 1.54) is 11.3 Å². The van der Waals surface area contributed by atoms with Crippen molar-refractivity contribution in [3.05, 3.63) is 20.8 Å². The van der Waals surface area contributed by atoms with Gasteiger partial charge < -0.3 is 5.32 Å². The first-order chi connectivity index (χ1) is 7.91. The fourth-order valence-electron chi connectivity index (χ4n) is 1.46. The van der Waals surface area contributed by atoms with Crippen molar-refractivity contribution in [2.24, 2.45) is 5.92 Å². The number of hydrogen-bond donors (Lipinski definition) is 1. The molecule has 0 bridgehead atoms. The first-order valence-corrected chi connectivity index (χ1v) is 7.75. The average Bonchev–Trinajstić information content (AvgIpc) is 2.55. The van der Waals surface area contributed by atoms with E-state index >= 15 is 0 Å². The van der Waals surface area contributed by atoms with Crippen molar-refractivity contribution in [3.63, 3.8) is 0 Å². The molecule has 1 amide bonds. The predicted molar refractivity (Wildman–Crippen MR) is 78.6 cm³/mol. The molecule has 1 unspecified atom stereocenters. The molecule has 1 atom stereocenters. The average molecular weight is 339 g/mol. The number of nitrogens with one attached hydrogen (secondary N) is 1. The molecule has 0 aromatic carbocycles. The summed E-state index contributed by atoms with van der Waals surface area (Å²) in [7, 11) is 0. The van der Waals surface area contributed by atoms with Crippen LogP contribution in [0.1, 0.15) is 35.5 Å². The van der Waals surface area contributed by atoms with E-state index < -0.39 is 0 Å². The van der Waals surface area contributed by atoms with Gasteiger partial charge in [0.15, 0.2) is 0 Å². The molecule has 1 rings (SSSR count). The number of alkyl halides is 1. The summed E-state index contributed by atoms with van der Waals surface area (Å²) in [5, 5.41) is 5.37. The zero-order valence-corrected chi connectivity index (χ0v) is 13.4. The fourth-order valence-corrected chi connectivity index (χ4v) is 3.57. The van der Waals surface area contributed by atoms with Crippen LogP contribution in [-0.2, 0) is 0 Å². The quantitative estimate of drug-likeness (QED) is 0.799. The molecule has 0 radical (unpaired) electrons. The Balaban J connectivity index is 2.48. The molecular weight excluding hydrogens is 322 g/mol. The zero-order valence-electron chi connectivity index (χ0n) is 10.2. The molecule has 0 saturated heterocycles. The van der Waals surface area contributed by atoms with Crippen LogP contribution in [-0.4, -0.2) is 17.3 Å². The molecule has 2 nitrogen and oxygen atoms in total. The summed E-state index contributed by atoms with van der Waals surface area (Å²) >= 11 is 11.0. The molecule has 96 valence electrons. The Hall–Kier alpha value is -0.0600. The van der Waals surface area contributed by atoms with E-state index in [0.717, 1.165) is 12.0 Å². The van der Waals surface area contributed by atoms with Gasteiger partial charge in [-0.25, -0.2) is 0 Å². The second-order valence-corrected chi connectivity index (χ2v) is 7.05. The highest BCUT2D eigenvalue weighted by molar-refractivity contribution is 9.09. The molecule has 1 aromatic rings. The molecule has 1 N–H and O–H groups in total. The largest absolute Gasteiger partial charge is 0.350 e. The highest BCUT2D eigenvalue weighted by Crippen LogP contribution is 2.26. The number of amides is 1. The van der Waals surface area contributed by atoms with Crippen LogP contribution in [0.25, 0.3) is 0 Å². The summed E-state index contributed by atoms with van der Waals surface area (Å²) in [6.45, 7) is 6.86. The highest BCUT2D eigenvalue weighted by atomic mass is 79.9. The van der Waals surface area contributed by atoms with Crippen LogP contribution >= 0.6 is 38.9 Å². The van der Waals surface area contributed by atoms with Gasteiger partial charge >= 0.3 is 0 Å². The normalized spacial score (nSPS) is 12.8. The van der Waals surface area contributed by atoms with E-state index in [1.54, 1.807) is 0 Å². The summed E-state index contributed by atoms with van der Waals surface area (Å²) in [5.41, 5.74) is 0.958. The van der Waals surface area contributed by atoms with Gasteiger partial charge in [0.05, 0.1) is 5.02 Å². The lowest BCUT2D eigenvalue weighted by atomic mass is 10.1. The molecule has 1 heterocycles. The summed E-state index contributed by atoms with van der Waals surface area (Å²) in [5.74, 6) is 0.533. The Kier molecular flexibility index (Phi) is 5.97. The zero-order chi connectivity index (χ0) is 13.0. The number of halogens is 2. The fraction of sp³-hybridized carbons (Fsp3) is 0.583. The van der Waals surface area contributed by atoms with E-state index in [1.807, 2.05) is 12.3 Å². The minimum atomic E-state index is -0.0821. The van der Waals surface area contributed by atoms with E-state index in [9.17, 15) is 4.79 Å². The third-order valence-corrected chi connectivity index (χ3v) is 4.71. The molecule has 0 aliphatic heterocycles. The lowest BCUT2D eigenvalue weighted by Gasteiger charge is -2.12. The standard InChI is InChI=1S/C12H17BrClNOS/c1-7(2)4-9(13)5-15-12(16)11-10(14)8(3)6-17-11/h6-7,9H,4-5H2,1-3H3,(H,15,16). The van der Waals surface area contributed by atoms with Crippen LogP contribution in [0.15, 0.2) is 5.38 Å². The number of rotatable bonds is 5. The van der Waals surface area contributed by atoms with Crippen LogP contribution in [0.3, 0.4) is 0 Å². The maximum Gasteiger partial charge on any atom is 0.262 e.